The molecular weight excluding hydrogens is 491 g/mol. The molecule has 0 spiro atoms. The van der Waals surface area contributed by atoms with Crippen LogP contribution in [0.4, 0.5) is 24.1 Å². The monoisotopic (exact) mass is 509 g/mol. The minimum absolute atomic E-state index is 0.0154. The van der Waals surface area contributed by atoms with Crippen LogP contribution in [0.15, 0.2) is 29.6 Å². The topological polar surface area (TPSA) is 117 Å². The van der Waals surface area contributed by atoms with Crippen LogP contribution in [0.25, 0.3) is 0 Å². The number of nitrogens with one attached hydrogen (secondary N) is 2. The van der Waals surface area contributed by atoms with Crippen molar-refractivity contribution in [3.8, 4) is 11.5 Å². The zero-order chi connectivity index (χ0) is 24.7. The predicted molar refractivity (Wildman–Crippen MR) is 117 cm³/mol. The molecule has 14 heteroatoms. The average Bonchev–Trinajstić information content (AvgIpc) is 3.56. The molecule has 0 saturated heterocycles. The number of hydrogen-bond acceptors (Lipinski definition) is 9. The number of hydrogen-bond donors (Lipinski definition) is 2. The van der Waals surface area contributed by atoms with E-state index in [9.17, 15) is 22.8 Å². The maximum absolute atomic E-state index is 13.9. The first-order valence-electron chi connectivity index (χ1n) is 10.5. The second kappa shape index (κ2) is 8.76. The molecule has 0 saturated carbocycles. The van der Waals surface area contributed by atoms with Gasteiger partial charge in [-0.15, -0.1) is 11.3 Å². The van der Waals surface area contributed by atoms with Crippen LogP contribution < -0.4 is 20.1 Å². The second-order valence-corrected chi connectivity index (χ2v) is 8.53. The summed E-state index contributed by atoms with van der Waals surface area (Å²) in [4.78, 5) is 28.4. The van der Waals surface area contributed by atoms with E-state index in [1.165, 1.54) is 11.4 Å². The summed E-state index contributed by atoms with van der Waals surface area (Å²) in [6.45, 7) is 1.86. The van der Waals surface area contributed by atoms with Gasteiger partial charge in [-0.05, 0) is 24.6 Å². The number of carbonyl (C=O) groups is 2. The molecule has 0 bridgehead atoms. The number of fused-ring (bicyclic) bond motifs is 2. The van der Waals surface area contributed by atoms with Crippen molar-refractivity contribution >= 4 is 34.2 Å². The zero-order valence-electron chi connectivity index (χ0n) is 18.1. The Morgan fingerprint density at radius 3 is 2.83 bits per heavy atom. The highest BCUT2D eigenvalue weighted by Crippen LogP contribution is 2.45. The fraction of sp³-hybridized carbons (Fsp3) is 0.333. The van der Waals surface area contributed by atoms with Crippen LogP contribution in [0.1, 0.15) is 52.0 Å². The summed E-state index contributed by atoms with van der Waals surface area (Å²) in [5.41, 5.74) is 0.360. The second-order valence-electron chi connectivity index (χ2n) is 7.67. The lowest BCUT2D eigenvalue weighted by Gasteiger charge is -2.33. The fourth-order valence-electron chi connectivity index (χ4n) is 3.82. The summed E-state index contributed by atoms with van der Waals surface area (Å²) in [6, 6.07) is 3.53. The molecule has 0 fully saturated rings. The van der Waals surface area contributed by atoms with E-state index in [0.717, 1.165) is 16.0 Å². The Kier molecular flexibility index (Phi) is 5.75. The van der Waals surface area contributed by atoms with Crippen LogP contribution in [0.5, 0.6) is 11.5 Å². The summed E-state index contributed by atoms with van der Waals surface area (Å²) in [5.74, 6) is -0.392. The van der Waals surface area contributed by atoms with Crippen molar-refractivity contribution in [2.45, 2.75) is 31.6 Å². The van der Waals surface area contributed by atoms with Crippen LogP contribution >= 0.6 is 11.3 Å². The van der Waals surface area contributed by atoms with E-state index in [-0.39, 0.29) is 42.2 Å². The molecule has 2 aliphatic rings. The first-order chi connectivity index (χ1) is 16.7. The molecule has 10 nitrogen and oxygen atoms in total. The maximum atomic E-state index is 13.9. The summed E-state index contributed by atoms with van der Waals surface area (Å²) in [7, 11) is 0. The van der Waals surface area contributed by atoms with E-state index in [0.29, 0.717) is 17.1 Å². The van der Waals surface area contributed by atoms with Crippen molar-refractivity contribution in [1.82, 2.24) is 14.8 Å². The lowest BCUT2D eigenvalue weighted by atomic mass is 9.96. The first-order valence-corrected chi connectivity index (χ1v) is 11.4. The van der Waals surface area contributed by atoms with Crippen molar-refractivity contribution in [3.05, 3.63) is 46.6 Å². The van der Waals surface area contributed by atoms with Gasteiger partial charge in [0.2, 0.25) is 6.79 Å². The highest BCUT2D eigenvalue weighted by atomic mass is 32.1. The average molecular weight is 509 g/mol. The van der Waals surface area contributed by atoms with Gasteiger partial charge in [0.25, 0.3) is 5.91 Å². The lowest BCUT2D eigenvalue weighted by Crippen LogP contribution is -2.35. The molecule has 0 radical (unpaired) electrons. The standard InChI is InChI=1S/C21H18F3N5O5S/c1-2-32-19(31)13-8-35-20(26-13)27-18(30)12-7-17-25-11(6-16(21(22,23)24)29(17)28-12)10-3-4-14-15(5-10)34-9-33-14/h3-5,7-8,11,16,25H,2,6,9H2,1H3,(H,26,27,30)/t11-,16-/m1/s1. The SMILES string of the molecule is CCOC(=O)c1csc(NC(=O)c2cc3n(n2)[C@@H](C(F)(F)F)C[C@H](c2ccc4c(c2)OCO4)N3)n1. The number of thiazole rings is 1. The Morgan fingerprint density at radius 1 is 1.26 bits per heavy atom. The van der Waals surface area contributed by atoms with Gasteiger partial charge in [-0.25, -0.2) is 14.5 Å². The summed E-state index contributed by atoms with van der Waals surface area (Å²) in [6.07, 6.45) is -4.94. The van der Waals surface area contributed by atoms with Gasteiger partial charge in [0.05, 0.1) is 12.6 Å². The predicted octanol–water partition coefficient (Wildman–Crippen LogP) is 4.16. The zero-order valence-corrected chi connectivity index (χ0v) is 18.9. The Bertz CT molecular complexity index is 1290. The van der Waals surface area contributed by atoms with Gasteiger partial charge in [0.1, 0.15) is 5.82 Å². The van der Waals surface area contributed by atoms with E-state index in [2.05, 4.69) is 20.7 Å². The minimum Gasteiger partial charge on any atom is -0.461 e. The van der Waals surface area contributed by atoms with Gasteiger partial charge in [-0.2, -0.15) is 18.3 Å². The minimum atomic E-state index is -4.60. The Balaban J connectivity index is 1.39. The number of ether oxygens (including phenoxy) is 3. The maximum Gasteiger partial charge on any atom is 0.410 e. The van der Waals surface area contributed by atoms with Gasteiger partial charge in [0, 0.05) is 17.9 Å². The number of rotatable bonds is 5. The molecule has 2 atom stereocenters. The first kappa shape index (κ1) is 23.0. The largest absolute Gasteiger partial charge is 0.461 e. The lowest BCUT2D eigenvalue weighted by molar-refractivity contribution is -0.173. The van der Waals surface area contributed by atoms with Gasteiger partial charge in [-0.1, -0.05) is 6.07 Å². The van der Waals surface area contributed by atoms with E-state index >= 15 is 0 Å². The van der Waals surface area contributed by atoms with E-state index < -0.39 is 30.1 Å². The van der Waals surface area contributed by atoms with Gasteiger partial charge in [0.15, 0.2) is 34.1 Å². The van der Waals surface area contributed by atoms with Crippen LogP contribution in [-0.2, 0) is 4.74 Å². The van der Waals surface area contributed by atoms with Crippen LogP contribution in [-0.4, -0.2) is 46.2 Å². The Labute approximate surface area is 200 Å². The molecule has 1 amide bonds. The summed E-state index contributed by atoms with van der Waals surface area (Å²) in [5, 5.41) is 10.9. The quantitative estimate of drug-likeness (QED) is 0.493. The van der Waals surface area contributed by atoms with Gasteiger partial charge < -0.3 is 19.5 Å². The molecule has 2 aromatic heterocycles. The Hall–Kier alpha value is -3.81. The number of amides is 1. The van der Waals surface area contributed by atoms with Crippen molar-refractivity contribution in [2.24, 2.45) is 0 Å². The number of alkyl halides is 3. The summed E-state index contributed by atoms with van der Waals surface area (Å²) >= 11 is 0.978. The number of anilines is 2. The number of aromatic nitrogens is 3. The molecule has 4 heterocycles. The molecular formula is C21H18F3N5O5S. The van der Waals surface area contributed by atoms with Crippen molar-refractivity contribution < 1.29 is 37.0 Å². The van der Waals surface area contributed by atoms with Crippen molar-refractivity contribution in [1.29, 1.82) is 0 Å². The van der Waals surface area contributed by atoms with E-state index in [4.69, 9.17) is 14.2 Å². The fourth-order valence-corrected chi connectivity index (χ4v) is 4.50. The third kappa shape index (κ3) is 4.48. The number of esters is 1. The molecule has 2 aliphatic heterocycles. The normalized spacial score (nSPS) is 18.5. The number of halogens is 3. The number of nitrogens with zero attached hydrogens (tertiary/aromatic N) is 3. The van der Waals surface area contributed by atoms with Crippen LogP contribution in [0.2, 0.25) is 0 Å². The molecule has 1 aromatic carbocycles. The number of carbonyl (C=O) groups excluding carboxylic acids is 2. The van der Waals surface area contributed by atoms with Gasteiger partial charge in [-0.3, -0.25) is 10.1 Å². The van der Waals surface area contributed by atoms with Crippen molar-refractivity contribution in [2.75, 3.05) is 24.0 Å². The molecule has 35 heavy (non-hydrogen) atoms. The molecule has 0 aliphatic carbocycles. The number of benzene rings is 1. The molecule has 0 unspecified atom stereocenters. The van der Waals surface area contributed by atoms with E-state index in [1.54, 1.807) is 25.1 Å². The third-order valence-corrected chi connectivity index (χ3v) is 6.19. The molecule has 2 N–H and O–H groups in total. The molecule has 184 valence electrons. The van der Waals surface area contributed by atoms with Crippen molar-refractivity contribution in [3.63, 3.8) is 0 Å². The van der Waals surface area contributed by atoms with Gasteiger partial charge >= 0.3 is 12.1 Å². The smallest absolute Gasteiger partial charge is 0.410 e. The highest BCUT2D eigenvalue weighted by Gasteiger charge is 2.47. The van der Waals surface area contributed by atoms with Crippen LogP contribution in [0.3, 0.4) is 0 Å². The van der Waals surface area contributed by atoms with E-state index in [1.807, 2.05) is 0 Å². The Morgan fingerprint density at radius 2 is 2.06 bits per heavy atom. The third-order valence-electron chi connectivity index (χ3n) is 5.43. The molecule has 3 aromatic rings. The highest BCUT2D eigenvalue weighted by molar-refractivity contribution is 7.14. The summed E-state index contributed by atoms with van der Waals surface area (Å²) < 4.78 is 58.0. The van der Waals surface area contributed by atoms with Crippen LogP contribution in [0, 0.1) is 0 Å². The molecule has 5 rings (SSSR count).